The van der Waals surface area contributed by atoms with Crippen LogP contribution < -0.4 is 11.1 Å². The molecule has 3 rings (SSSR count). The molecule has 0 aromatic heterocycles. The fraction of sp³-hybridized carbons (Fsp3) is 0.273. The highest BCUT2D eigenvalue weighted by Crippen LogP contribution is 2.42. The molecule has 0 unspecified atom stereocenters. The number of carboxylic acid groups (broad SMARTS) is 1. The van der Waals surface area contributed by atoms with E-state index in [1.54, 1.807) is 38.1 Å². The van der Waals surface area contributed by atoms with Crippen LogP contribution in [-0.2, 0) is 9.59 Å². The number of nitrogen functional groups attached to an aromatic ring is 1. The number of nitrogens with zero attached hydrogens (tertiary/aromatic N) is 2. The van der Waals surface area contributed by atoms with Gasteiger partial charge in [0.15, 0.2) is 5.78 Å². The van der Waals surface area contributed by atoms with Crippen LogP contribution in [0.15, 0.2) is 69.8 Å². The maximum absolute atomic E-state index is 13.0. The molecule has 0 saturated heterocycles. The second-order valence-corrected chi connectivity index (χ2v) is 7.62. The number of rotatable bonds is 6. The Hall–Kier alpha value is -3.88. The van der Waals surface area contributed by atoms with Crippen LogP contribution in [-0.4, -0.2) is 28.6 Å². The maximum Gasteiger partial charge on any atom is 0.310 e. The highest BCUT2D eigenvalue weighted by atomic mass is 16.4. The lowest BCUT2D eigenvalue weighted by molar-refractivity contribution is -0.149. The van der Waals surface area contributed by atoms with Crippen molar-refractivity contribution in [2.45, 2.75) is 26.7 Å². The Morgan fingerprint density at radius 1 is 1.29 bits per heavy atom. The number of carbonyl (C=O) groups is 3. The number of hydrogen-bond acceptors (Lipinski definition) is 6. The summed E-state index contributed by atoms with van der Waals surface area (Å²) >= 11 is 0. The molecule has 1 aliphatic heterocycles. The number of ketones is 1. The van der Waals surface area contributed by atoms with Crippen LogP contribution in [0.1, 0.15) is 42.6 Å². The molecule has 1 amide bonds. The van der Waals surface area contributed by atoms with Gasteiger partial charge in [-0.3, -0.25) is 19.8 Å². The first-order valence-electron chi connectivity index (χ1n) is 9.72. The SMILES string of the molecule is CC[C@](C)(C(=O)O)[C@@H]1C=CN=NC2=C1C(=O)CC(NC(=O)c1ccc(C(=N)N)cc1)=C2. The molecule has 0 spiro atoms. The number of nitrogens with two attached hydrogens (primary N) is 1. The molecule has 0 radical (unpaired) electrons. The molecule has 5 N–H and O–H groups in total. The Morgan fingerprint density at radius 2 is 1.94 bits per heavy atom. The number of Topliss-reactive ketones (excluding diaryl/α,β-unsaturated/α-hetero) is 1. The first-order valence-corrected chi connectivity index (χ1v) is 9.72. The molecule has 31 heavy (non-hydrogen) atoms. The van der Waals surface area contributed by atoms with Gasteiger partial charge in [0.05, 0.1) is 17.5 Å². The van der Waals surface area contributed by atoms with Crippen LogP contribution in [0.25, 0.3) is 0 Å². The van der Waals surface area contributed by atoms with Gasteiger partial charge in [-0.2, -0.15) is 10.2 Å². The zero-order valence-electron chi connectivity index (χ0n) is 17.2. The van der Waals surface area contributed by atoms with E-state index in [2.05, 4.69) is 15.5 Å². The topological polar surface area (TPSA) is 158 Å². The van der Waals surface area contributed by atoms with Gasteiger partial charge in [-0.1, -0.05) is 25.1 Å². The largest absolute Gasteiger partial charge is 0.481 e. The number of amides is 1. The number of carboxylic acids is 1. The van der Waals surface area contributed by atoms with Crippen LogP contribution >= 0.6 is 0 Å². The molecular formula is C22H23N5O4. The van der Waals surface area contributed by atoms with E-state index in [4.69, 9.17) is 11.1 Å². The van der Waals surface area contributed by atoms with Gasteiger partial charge in [0, 0.05) is 34.5 Å². The molecule has 0 bridgehead atoms. The second kappa shape index (κ2) is 8.47. The predicted octanol–water partition coefficient (Wildman–Crippen LogP) is 2.91. The molecule has 1 aliphatic carbocycles. The third-order valence-corrected chi connectivity index (χ3v) is 5.70. The predicted molar refractivity (Wildman–Crippen MR) is 113 cm³/mol. The van der Waals surface area contributed by atoms with E-state index in [-0.39, 0.29) is 29.3 Å². The summed E-state index contributed by atoms with van der Waals surface area (Å²) in [6.45, 7) is 3.35. The maximum atomic E-state index is 13.0. The van der Waals surface area contributed by atoms with E-state index in [1.165, 1.54) is 18.3 Å². The molecule has 2 aliphatic rings. The van der Waals surface area contributed by atoms with Crippen LogP contribution in [0.5, 0.6) is 0 Å². The van der Waals surface area contributed by atoms with E-state index in [0.29, 0.717) is 23.2 Å². The molecule has 2 atom stereocenters. The summed E-state index contributed by atoms with van der Waals surface area (Å²) < 4.78 is 0. The molecule has 0 saturated carbocycles. The monoisotopic (exact) mass is 421 g/mol. The van der Waals surface area contributed by atoms with Crippen molar-refractivity contribution in [2.75, 3.05) is 0 Å². The van der Waals surface area contributed by atoms with Crippen LogP contribution in [0, 0.1) is 16.7 Å². The van der Waals surface area contributed by atoms with Gasteiger partial charge >= 0.3 is 5.97 Å². The van der Waals surface area contributed by atoms with Gasteiger partial charge in [0.2, 0.25) is 0 Å². The van der Waals surface area contributed by atoms with Gasteiger partial charge in [0.1, 0.15) is 5.84 Å². The highest BCUT2D eigenvalue weighted by Gasteiger charge is 2.44. The Bertz CT molecular complexity index is 1080. The normalized spacial score (nSPS) is 19.7. The van der Waals surface area contributed by atoms with Crippen molar-refractivity contribution in [3.63, 3.8) is 0 Å². The number of azo groups is 1. The second-order valence-electron chi connectivity index (χ2n) is 7.62. The first-order chi connectivity index (χ1) is 14.7. The minimum Gasteiger partial charge on any atom is -0.481 e. The standard InChI is InChI=1S/C22H23N5O4/c1-3-22(2,21(30)31)15-8-9-25-27-16-10-14(11-17(28)18(15)16)26-20(29)13-6-4-12(5-7-13)19(23)24/h4-10,15H,3,11H2,1-2H3,(H3,23,24)(H,26,29)(H,30,31)/t15-,22+/m1/s1. The van der Waals surface area contributed by atoms with Crippen LogP contribution in [0.2, 0.25) is 0 Å². The fourth-order valence-corrected chi connectivity index (χ4v) is 3.57. The fourth-order valence-electron chi connectivity index (χ4n) is 3.57. The number of nitrogens with one attached hydrogen (secondary N) is 2. The van der Waals surface area contributed by atoms with Gasteiger partial charge in [-0.05, 0) is 31.6 Å². The van der Waals surface area contributed by atoms with Crippen molar-refractivity contribution in [3.8, 4) is 0 Å². The summed E-state index contributed by atoms with van der Waals surface area (Å²) in [6, 6.07) is 6.19. The van der Waals surface area contributed by atoms with Crippen LogP contribution in [0.4, 0.5) is 0 Å². The minimum absolute atomic E-state index is 0.0879. The molecule has 9 heteroatoms. The third-order valence-electron chi connectivity index (χ3n) is 5.70. The summed E-state index contributed by atoms with van der Waals surface area (Å²) in [7, 11) is 0. The number of benzene rings is 1. The van der Waals surface area contributed by atoms with Crippen molar-refractivity contribution in [3.05, 3.63) is 70.7 Å². The Morgan fingerprint density at radius 3 is 2.52 bits per heavy atom. The van der Waals surface area contributed by atoms with Crippen molar-refractivity contribution < 1.29 is 19.5 Å². The summed E-state index contributed by atoms with van der Waals surface area (Å²) in [6.07, 6.45) is 4.77. The van der Waals surface area contributed by atoms with Gasteiger partial charge in [-0.25, -0.2) is 0 Å². The lowest BCUT2D eigenvalue weighted by Gasteiger charge is -2.33. The zero-order valence-corrected chi connectivity index (χ0v) is 17.2. The number of carbonyl (C=O) groups excluding carboxylic acids is 2. The number of amidine groups is 1. The third kappa shape index (κ3) is 4.20. The first kappa shape index (κ1) is 21.8. The minimum atomic E-state index is -1.20. The van der Waals surface area contributed by atoms with E-state index >= 15 is 0 Å². The Balaban J connectivity index is 1.92. The highest BCUT2D eigenvalue weighted by molar-refractivity contribution is 6.03. The van der Waals surface area contributed by atoms with E-state index < -0.39 is 23.2 Å². The van der Waals surface area contributed by atoms with Gasteiger partial charge in [0.25, 0.3) is 5.91 Å². The zero-order chi connectivity index (χ0) is 22.8. The summed E-state index contributed by atoms with van der Waals surface area (Å²) in [5.41, 5.74) is 5.93. The molecular weight excluding hydrogens is 398 g/mol. The Labute approximate surface area is 178 Å². The van der Waals surface area contributed by atoms with Crippen molar-refractivity contribution >= 4 is 23.5 Å². The molecule has 1 heterocycles. The summed E-state index contributed by atoms with van der Waals surface area (Å²) in [4.78, 5) is 37.5. The van der Waals surface area contributed by atoms with Crippen molar-refractivity contribution in [1.82, 2.24) is 5.32 Å². The number of aliphatic carboxylic acids is 1. The molecule has 9 nitrogen and oxygen atoms in total. The lowest BCUT2D eigenvalue weighted by Crippen LogP contribution is -2.38. The Kier molecular flexibility index (Phi) is 5.96. The molecule has 1 aromatic rings. The van der Waals surface area contributed by atoms with E-state index in [1.807, 2.05) is 0 Å². The van der Waals surface area contributed by atoms with Crippen LogP contribution in [0.3, 0.4) is 0 Å². The smallest absolute Gasteiger partial charge is 0.310 e. The quantitative estimate of drug-likeness (QED) is 0.410. The van der Waals surface area contributed by atoms with Crippen molar-refractivity contribution in [2.24, 2.45) is 27.3 Å². The van der Waals surface area contributed by atoms with E-state index in [9.17, 15) is 19.5 Å². The number of hydrogen-bond donors (Lipinski definition) is 4. The molecule has 0 fully saturated rings. The summed E-state index contributed by atoms with van der Waals surface area (Å²) in [5.74, 6) is -2.55. The molecule has 160 valence electrons. The van der Waals surface area contributed by atoms with E-state index in [0.717, 1.165) is 0 Å². The summed E-state index contributed by atoms with van der Waals surface area (Å²) in [5, 5.41) is 27.8. The average molecular weight is 421 g/mol. The molecule has 1 aromatic carbocycles. The average Bonchev–Trinajstić information content (AvgIpc) is 2.96. The lowest BCUT2D eigenvalue weighted by atomic mass is 9.69. The van der Waals surface area contributed by atoms with Gasteiger partial charge in [-0.15, -0.1) is 0 Å². The number of allylic oxidation sites excluding steroid dienone is 4. The van der Waals surface area contributed by atoms with Gasteiger partial charge < -0.3 is 16.2 Å². The van der Waals surface area contributed by atoms with Crippen molar-refractivity contribution in [1.29, 1.82) is 5.41 Å².